The van der Waals surface area contributed by atoms with Gasteiger partial charge >= 0.3 is 0 Å². The zero-order valence-electron chi connectivity index (χ0n) is 12.5. The number of aryl methyl sites for hydroxylation is 1. The van der Waals surface area contributed by atoms with Gasteiger partial charge in [0.2, 0.25) is 0 Å². The van der Waals surface area contributed by atoms with Crippen LogP contribution in [0.5, 0.6) is 5.75 Å². The van der Waals surface area contributed by atoms with Crippen LogP contribution in [0.4, 0.5) is 0 Å². The Bertz CT molecular complexity index is 425. The van der Waals surface area contributed by atoms with Gasteiger partial charge in [0.15, 0.2) is 0 Å². The van der Waals surface area contributed by atoms with Gasteiger partial charge in [0, 0.05) is 12.6 Å². The third-order valence-corrected chi connectivity index (χ3v) is 3.88. The van der Waals surface area contributed by atoms with Crippen LogP contribution in [0, 0.1) is 0 Å². The first-order valence-corrected chi connectivity index (χ1v) is 7.10. The lowest BCUT2D eigenvalue weighted by Gasteiger charge is -2.43. The molecule has 19 heavy (non-hydrogen) atoms. The van der Waals surface area contributed by atoms with E-state index in [0.29, 0.717) is 6.04 Å². The molecule has 0 radical (unpaired) electrons. The lowest BCUT2D eigenvalue weighted by molar-refractivity contribution is -0.0597. The van der Waals surface area contributed by atoms with Gasteiger partial charge in [-0.15, -0.1) is 0 Å². The van der Waals surface area contributed by atoms with Crippen LogP contribution in [0.3, 0.4) is 0 Å². The summed E-state index contributed by atoms with van der Waals surface area (Å²) in [4.78, 5) is 0. The molecule has 1 aliphatic heterocycles. The summed E-state index contributed by atoms with van der Waals surface area (Å²) in [6.45, 7) is 9.11. The number of nitrogens with one attached hydrogen (secondary N) is 1. The van der Waals surface area contributed by atoms with E-state index in [4.69, 9.17) is 9.47 Å². The normalized spacial score (nSPS) is 17.3. The van der Waals surface area contributed by atoms with Gasteiger partial charge in [-0.2, -0.15) is 0 Å². The van der Waals surface area contributed by atoms with E-state index in [1.54, 1.807) is 7.11 Å². The average Bonchev–Trinajstić information content (AvgIpc) is 2.36. The van der Waals surface area contributed by atoms with Crippen LogP contribution in [-0.2, 0) is 16.6 Å². The zero-order chi connectivity index (χ0) is 13.9. The summed E-state index contributed by atoms with van der Waals surface area (Å²) < 4.78 is 10.9. The molecule has 1 aromatic carbocycles. The van der Waals surface area contributed by atoms with E-state index in [0.717, 1.165) is 31.9 Å². The zero-order valence-corrected chi connectivity index (χ0v) is 12.5. The Balaban J connectivity index is 2.23. The van der Waals surface area contributed by atoms with Crippen molar-refractivity contribution in [1.82, 2.24) is 5.32 Å². The Kier molecular flexibility index (Phi) is 4.48. The number of ether oxygens (including phenoxy) is 2. The fourth-order valence-corrected chi connectivity index (χ4v) is 2.50. The Morgan fingerprint density at radius 1 is 1.37 bits per heavy atom. The lowest BCUT2D eigenvalue weighted by atomic mass is 9.77. The highest BCUT2D eigenvalue weighted by Gasteiger charge is 2.40. The number of methoxy groups -OCH3 is 1. The van der Waals surface area contributed by atoms with Crippen LogP contribution in [0.15, 0.2) is 18.2 Å². The summed E-state index contributed by atoms with van der Waals surface area (Å²) in [7, 11) is 1.73. The molecule has 106 valence electrons. The SMILES string of the molecule is CCc1cc(C2(CNC(C)C)COC2)ccc1OC. The van der Waals surface area contributed by atoms with Crippen molar-refractivity contribution in [2.24, 2.45) is 0 Å². The lowest BCUT2D eigenvalue weighted by Crippen LogP contribution is -2.54. The van der Waals surface area contributed by atoms with Crippen molar-refractivity contribution in [1.29, 1.82) is 0 Å². The van der Waals surface area contributed by atoms with Gasteiger partial charge in [0.05, 0.1) is 25.7 Å². The molecular weight excluding hydrogens is 238 g/mol. The summed E-state index contributed by atoms with van der Waals surface area (Å²) in [5.74, 6) is 0.985. The fraction of sp³-hybridized carbons (Fsp3) is 0.625. The van der Waals surface area contributed by atoms with Crippen molar-refractivity contribution in [3.8, 4) is 5.75 Å². The largest absolute Gasteiger partial charge is 0.496 e. The van der Waals surface area contributed by atoms with E-state index in [9.17, 15) is 0 Å². The van der Waals surface area contributed by atoms with Crippen molar-refractivity contribution < 1.29 is 9.47 Å². The minimum absolute atomic E-state index is 0.139. The highest BCUT2D eigenvalue weighted by Crippen LogP contribution is 2.34. The molecular formula is C16H25NO2. The topological polar surface area (TPSA) is 30.5 Å². The highest BCUT2D eigenvalue weighted by atomic mass is 16.5. The minimum Gasteiger partial charge on any atom is -0.496 e. The molecule has 1 heterocycles. The van der Waals surface area contributed by atoms with Gasteiger partial charge in [-0.1, -0.05) is 32.9 Å². The Hall–Kier alpha value is -1.06. The molecule has 1 aromatic rings. The predicted molar refractivity (Wildman–Crippen MR) is 78.0 cm³/mol. The van der Waals surface area contributed by atoms with Gasteiger partial charge in [-0.05, 0) is 23.6 Å². The van der Waals surface area contributed by atoms with Crippen LogP contribution >= 0.6 is 0 Å². The summed E-state index contributed by atoms with van der Waals surface area (Å²) in [6.07, 6.45) is 0.992. The van der Waals surface area contributed by atoms with Gasteiger partial charge < -0.3 is 14.8 Å². The van der Waals surface area contributed by atoms with Gasteiger partial charge in [0.25, 0.3) is 0 Å². The summed E-state index contributed by atoms with van der Waals surface area (Å²) in [5.41, 5.74) is 2.78. The Morgan fingerprint density at radius 2 is 2.11 bits per heavy atom. The van der Waals surface area contributed by atoms with E-state index in [1.807, 2.05) is 0 Å². The number of rotatable bonds is 6. The first-order chi connectivity index (χ1) is 9.11. The molecule has 1 saturated heterocycles. The maximum Gasteiger partial charge on any atom is 0.122 e. The van der Waals surface area contributed by atoms with Crippen molar-refractivity contribution in [3.63, 3.8) is 0 Å². The molecule has 1 N–H and O–H groups in total. The molecule has 3 heteroatoms. The third kappa shape index (κ3) is 2.93. The molecule has 0 amide bonds. The van der Waals surface area contributed by atoms with Crippen molar-refractivity contribution in [2.75, 3.05) is 26.9 Å². The Labute approximate surface area is 116 Å². The molecule has 0 spiro atoms. The van der Waals surface area contributed by atoms with E-state index in [1.165, 1.54) is 11.1 Å². The van der Waals surface area contributed by atoms with Crippen molar-refractivity contribution in [2.45, 2.75) is 38.6 Å². The summed E-state index contributed by atoms with van der Waals surface area (Å²) in [6, 6.07) is 7.05. The molecule has 0 unspecified atom stereocenters. The first-order valence-electron chi connectivity index (χ1n) is 7.10. The smallest absolute Gasteiger partial charge is 0.122 e. The monoisotopic (exact) mass is 263 g/mol. The molecule has 0 aromatic heterocycles. The van der Waals surface area contributed by atoms with Crippen LogP contribution in [-0.4, -0.2) is 32.9 Å². The number of hydrogen-bond donors (Lipinski definition) is 1. The Morgan fingerprint density at radius 3 is 2.58 bits per heavy atom. The van der Waals surface area contributed by atoms with E-state index in [2.05, 4.69) is 44.3 Å². The van der Waals surface area contributed by atoms with Crippen molar-refractivity contribution >= 4 is 0 Å². The predicted octanol–water partition coefficient (Wildman–Crippen LogP) is 2.52. The fourth-order valence-electron chi connectivity index (χ4n) is 2.50. The standard InChI is InChI=1S/C16H25NO2/c1-5-13-8-14(6-7-15(13)18-4)16(10-19-11-16)9-17-12(2)3/h6-8,12,17H,5,9-11H2,1-4H3. The average molecular weight is 263 g/mol. The van der Waals surface area contributed by atoms with Gasteiger partial charge in [0.1, 0.15) is 5.75 Å². The first kappa shape index (κ1) is 14.4. The van der Waals surface area contributed by atoms with E-state index >= 15 is 0 Å². The molecule has 1 fully saturated rings. The highest BCUT2D eigenvalue weighted by molar-refractivity contribution is 5.41. The maximum atomic E-state index is 5.48. The number of hydrogen-bond acceptors (Lipinski definition) is 3. The van der Waals surface area contributed by atoms with Crippen LogP contribution in [0.25, 0.3) is 0 Å². The van der Waals surface area contributed by atoms with Crippen molar-refractivity contribution in [3.05, 3.63) is 29.3 Å². The van der Waals surface area contributed by atoms with E-state index in [-0.39, 0.29) is 5.41 Å². The van der Waals surface area contributed by atoms with E-state index < -0.39 is 0 Å². The summed E-state index contributed by atoms with van der Waals surface area (Å²) in [5, 5.41) is 3.54. The molecule has 0 saturated carbocycles. The second kappa shape index (κ2) is 5.93. The second-order valence-corrected chi connectivity index (χ2v) is 5.69. The molecule has 3 nitrogen and oxygen atoms in total. The van der Waals surface area contributed by atoms with Crippen LogP contribution in [0.1, 0.15) is 31.9 Å². The summed E-state index contributed by atoms with van der Waals surface area (Å²) >= 11 is 0. The van der Waals surface area contributed by atoms with Gasteiger partial charge in [-0.3, -0.25) is 0 Å². The minimum atomic E-state index is 0.139. The molecule has 0 bridgehead atoms. The molecule has 2 rings (SSSR count). The molecule has 0 aliphatic carbocycles. The molecule has 0 atom stereocenters. The number of benzene rings is 1. The van der Waals surface area contributed by atoms with Gasteiger partial charge in [-0.25, -0.2) is 0 Å². The van der Waals surface area contributed by atoms with Crippen LogP contribution in [0.2, 0.25) is 0 Å². The second-order valence-electron chi connectivity index (χ2n) is 5.69. The maximum absolute atomic E-state index is 5.48. The quantitative estimate of drug-likeness (QED) is 0.855. The third-order valence-electron chi connectivity index (χ3n) is 3.88. The molecule has 1 aliphatic rings. The van der Waals surface area contributed by atoms with Crippen LogP contribution < -0.4 is 10.1 Å².